The summed E-state index contributed by atoms with van der Waals surface area (Å²) in [7, 11) is 0. The Morgan fingerprint density at radius 3 is 2.61 bits per heavy atom. The van der Waals surface area contributed by atoms with Gasteiger partial charge in [-0.2, -0.15) is 0 Å². The number of halogens is 2. The second-order valence-electron chi connectivity index (χ2n) is 5.40. The van der Waals surface area contributed by atoms with Crippen LogP contribution in [0.2, 0.25) is 10.0 Å². The van der Waals surface area contributed by atoms with Crippen molar-refractivity contribution >= 4 is 34.9 Å². The maximum absolute atomic E-state index is 12.3. The molecule has 0 aliphatic carbocycles. The van der Waals surface area contributed by atoms with Crippen LogP contribution in [0.25, 0.3) is 0 Å². The van der Waals surface area contributed by atoms with Crippen LogP contribution >= 0.6 is 23.2 Å². The molecule has 1 aliphatic heterocycles. The van der Waals surface area contributed by atoms with Crippen molar-refractivity contribution in [3.8, 4) is 0 Å². The number of carbonyl (C=O) groups excluding carboxylic acids is 1. The van der Waals surface area contributed by atoms with Crippen LogP contribution in [0, 0.1) is 0 Å². The number of hydrogen-bond acceptors (Lipinski definition) is 3. The number of hydrogen-bond donors (Lipinski definition) is 1. The van der Waals surface area contributed by atoms with Crippen LogP contribution in [0.4, 0.5) is 10.5 Å². The third-order valence-electron chi connectivity index (χ3n) is 3.79. The SMILES string of the molecule is O=C(Nc1ccc(Cl)cc1Cl)N1CCN(Cc2ccco2)CC1. The zero-order valence-electron chi connectivity index (χ0n) is 12.5. The van der Waals surface area contributed by atoms with Crippen molar-refractivity contribution < 1.29 is 9.21 Å². The molecule has 0 radical (unpaired) electrons. The molecule has 1 saturated heterocycles. The van der Waals surface area contributed by atoms with Crippen LogP contribution in [0.1, 0.15) is 5.76 Å². The minimum atomic E-state index is -0.146. The monoisotopic (exact) mass is 353 g/mol. The van der Waals surface area contributed by atoms with E-state index in [9.17, 15) is 4.79 Å². The first-order valence-corrected chi connectivity index (χ1v) is 8.13. The average molecular weight is 354 g/mol. The number of benzene rings is 1. The van der Waals surface area contributed by atoms with E-state index in [4.69, 9.17) is 27.6 Å². The van der Waals surface area contributed by atoms with Crippen LogP contribution in [0.5, 0.6) is 0 Å². The van der Waals surface area contributed by atoms with E-state index >= 15 is 0 Å². The van der Waals surface area contributed by atoms with Crippen molar-refractivity contribution in [2.45, 2.75) is 6.54 Å². The molecule has 0 saturated carbocycles. The Kier molecular flexibility index (Phi) is 5.10. The van der Waals surface area contributed by atoms with Gasteiger partial charge in [-0.15, -0.1) is 0 Å². The fourth-order valence-electron chi connectivity index (χ4n) is 2.52. The van der Waals surface area contributed by atoms with E-state index in [2.05, 4.69) is 10.2 Å². The second kappa shape index (κ2) is 7.25. The number of nitrogens with zero attached hydrogens (tertiary/aromatic N) is 2. The maximum Gasteiger partial charge on any atom is 0.321 e. The number of nitrogens with one attached hydrogen (secondary N) is 1. The lowest BCUT2D eigenvalue weighted by atomic mass is 10.3. The van der Waals surface area contributed by atoms with E-state index in [1.165, 1.54) is 0 Å². The first kappa shape index (κ1) is 16.2. The predicted octanol–water partition coefficient (Wildman–Crippen LogP) is 3.94. The molecule has 1 aromatic heterocycles. The molecule has 2 amide bonds. The quantitative estimate of drug-likeness (QED) is 0.909. The zero-order chi connectivity index (χ0) is 16.2. The molecule has 5 nitrogen and oxygen atoms in total. The minimum Gasteiger partial charge on any atom is -0.468 e. The summed E-state index contributed by atoms with van der Waals surface area (Å²) in [6.45, 7) is 3.71. The average Bonchev–Trinajstić information content (AvgIpc) is 3.04. The molecule has 1 fully saturated rings. The van der Waals surface area contributed by atoms with Gasteiger partial charge >= 0.3 is 6.03 Å². The van der Waals surface area contributed by atoms with Gasteiger partial charge in [0.2, 0.25) is 0 Å². The summed E-state index contributed by atoms with van der Waals surface area (Å²) in [5, 5.41) is 3.80. The van der Waals surface area contributed by atoms with Gasteiger partial charge in [-0.25, -0.2) is 4.79 Å². The topological polar surface area (TPSA) is 48.7 Å². The standard InChI is InChI=1S/C16H17Cl2N3O2/c17-12-3-4-15(14(18)10-12)19-16(22)21-7-5-20(6-8-21)11-13-2-1-9-23-13/h1-4,9-10H,5-8,11H2,(H,19,22). The third-order valence-corrected chi connectivity index (χ3v) is 4.34. The lowest BCUT2D eigenvalue weighted by Crippen LogP contribution is -2.49. The lowest BCUT2D eigenvalue weighted by molar-refractivity contribution is 0.137. The van der Waals surface area contributed by atoms with Crippen LogP contribution in [-0.4, -0.2) is 42.0 Å². The molecule has 3 rings (SSSR count). The molecule has 2 heterocycles. The molecule has 7 heteroatoms. The third kappa shape index (κ3) is 4.19. The van der Waals surface area contributed by atoms with Gasteiger partial charge in [0, 0.05) is 31.2 Å². The van der Waals surface area contributed by atoms with E-state index in [0.29, 0.717) is 28.8 Å². The largest absolute Gasteiger partial charge is 0.468 e. The minimum absolute atomic E-state index is 0.146. The Morgan fingerprint density at radius 1 is 1.17 bits per heavy atom. The fraction of sp³-hybridized carbons (Fsp3) is 0.312. The first-order chi connectivity index (χ1) is 11.1. The molecule has 1 N–H and O–H groups in total. The molecule has 0 atom stereocenters. The summed E-state index contributed by atoms with van der Waals surface area (Å²) in [5.41, 5.74) is 0.569. The van der Waals surface area contributed by atoms with Gasteiger partial charge in [0.25, 0.3) is 0 Å². The van der Waals surface area contributed by atoms with Crippen molar-refractivity contribution in [2.75, 3.05) is 31.5 Å². The molecule has 23 heavy (non-hydrogen) atoms. The lowest BCUT2D eigenvalue weighted by Gasteiger charge is -2.34. The summed E-state index contributed by atoms with van der Waals surface area (Å²) in [6, 6.07) is 8.71. The Bertz CT molecular complexity index is 668. The van der Waals surface area contributed by atoms with Gasteiger partial charge in [-0.3, -0.25) is 4.90 Å². The van der Waals surface area contributed by atoms with Gasteiger partial charge in [0.15, 0.2) is 0 Å². The second-order valence-corrected chi connectivity index (χ2v) is 6.24. The summed E-state index contributed by atoms with van der Waals surface area (Å²) >= 11 is 11.9. The van der Waals surface area contributed by atoms with Gasteiger partial charge in [0.05, 0.1) is 23.5 Å². The molecule has 1 aromatic carbocycles. The number of furan rings is 1. The number of piperazine rings is 1. The normalized spacial score (nSPS) is 15.7. The van der Waals surface area contributed by atoms with Crippen LogP contribution in [-0.2, 0) is 6.54 Å². The smallest absolute Gasteiger partial charge is 0.321 e. The Balaban J connectivity index is 1.51. The molecule has 1 aliphatic rings. The fourth-order valence-corrected chi connectivity index (χ4v) is 2.97. The number of amides is 2. The molecule has 2 aromatic rings. The van der Waals surface area contributed by atoms with E-state index in [0.717, 1.165) is 25.4 Å². The zero-order valence-corrected chi connectivity index (χ0v) is 14.0. The molecule has 122 valence electrons. The molecular formula is C16H17Cl2N3O2. The predicted molar refractivity (Wildman–Crippen MR) is 91.0 cm³/mol. The van der Waals surface area contributed by atoms with Crippen LogP contribution < -0.4 is 5.32 Å². The van der Waals surface area contributed by atoms with Gasteiger partial charge in [-0.1, -0.05) is 23.2 Å². The molecular weight excluding hydrogens is 337 g/mol. The van der Waals surface area contributed by atoms with E-state index in [-0.39, 0.29) is 6.03 Å². The van der Waals surface area contributed by atoms with Crippen molar-refractivity contribution in [1.29, 1.82) is 0 Å². The van der Waals surface area contributed by atoms with Crippen LogP contribution in [0.3, 0.4) is 0 Å². The molecule has 0 unspecified atom stereocenters. The summed E-state index contributed by atoms with van der Waals surface area (Å²) < 4.78 is 5.35. The van der Waals surface area contributed by atoms with Gasteiger partial charge < -0.3 is 14.6 Å². The summed E-state index contributed by atoms with van der Waals surface area (Å²) in [6.07, 6.45) is 1.68. The Labute approximate surface area is 144 Å². The number of urea groups is 1. The summed E-state index contributed by atoms with van der Waals surface area (Å²) in [5.74, 6) is 0.941. The highest BCUT2D eigenvalue weighted by atomic mass is 35.5. The van der Waals surface area contributed by atoms with Crippen molar-refractivity contribution in [3.05, 3.63) is 52.4 Å². The van der Waals surface area contributed by atoms with Gasteiger partial charge in [-0.05, 0) is 30.3 Å². The maximum atomic E-state index is 12.3. The highest BCUT2D eigenvalue weighted by Crippen LogP contribution is 2.25. The number of rotatable bonds is 3. The van der Waals surface area contributed by atoms with Gasteiger partial charge in [0.1, 0.15) is 5.76 Å². The van der Waals surface area contributed by atoms with E-state index < -0.39 is 0 Å². The number of carbonyl (C=O) groups is 1. The molecule has 0 spiro atoms. The van der Waals surface area contributed by atoms with E-state index in [1.807, 2.05) is 12.1 Å². The van der Waals surface area contributed by atoms with Crippen molar-refractivity contribution in [2.24, 2.45) is 0 Å². The van der Waals surface area contributed by atoms with Crippen molar-refractivity contribution in [3.63, 3.8) is 0 Å². The Morgan fingerprint density at radius 2 is 1.96 bits per heavy atom. The van der Waals surface area contributed by atoms with E-state index in [1.54, 1.807) is 29.4 Å². The highest BCUT2D eigenvalue weighted by Gasteiger charge is 2.22. The van der Waals surface area contributed by atoms with Crippen LogP contribution in [0.15, 0.2) is 41.0 Å². The summed E-state index contributed by atoms with van der Waals surface area (Å²) in [4.78, 5) is 16.4. The van der Waals surface area contributed by atoms with Crippen molar-refractivity contribution in [1.82, 2.24) is 9.80 Å². The number of anilines is 1. The highest BCUT2D eigenvalue weighted by molar-refractivity contribution is 6.36. The Hall–Kier alpha value is -1.69. The molecule has 0 bridgehead atoms. The first-order valence-electron chi connectivity index (χ1n) is 7.37.